The molecule has 5 heteroatoms. The fourth-order valence-corrected chi connectivity index (χ4v) is 3.14. The van der Waals surface area contributed by atoms with Crippen molar-refractivity contribution in [3.8, 4) is 0 Å². The van der Waals surface area contributed by atoms with Gasteiger partial charge in [0.15, 0.2) is 10.9 Å². The van der Waals surface area contributed by atoms with Crippen molar-refractivity contribution in [1.29, 1.82) is 0 Å². The van der Waals surface area contributed by atoms with Crippen molar-refractivity contribution >= 4 is 23.1 Å². The van der Waals surface area contributed by atoms with E-state index in [0.717, 1.165) is 12.4 Å². The fraction of sp³-hybridized carbons (Fsp3) is 0.412. The van der Waals surface area contributed by atoms with Gasteiger partial charge in [0.25, 0.3) is 0 Å². The van der Waals surface area contributed by atoms with Crippen molar-refractivity contribution in [1.82, 2.24) is 15.1 Å². The van der Waals surface area contributed by atoms with Gasteiger partial charge in [-0.2, -0.15) is 5.10 Å². The highest BCUT2D eigenvalue weighted by atomic mass is 32.1. The van der Waals surface area contributed by atoms with E-state index < -0.39 is 0 Å². The third-order valence-electron chi connectivity index (χ3n) is 4.01. The maximum atomic E-state index is 5.38. The zero-order valence-electron chi connectivity index (χ0n) is 12.7. The summed E-state index contributed by atoms with van der Waals surface area (Å²) in [6, 6.07) is 12.8. The van der Waals surface area contributed by atoms with Crippen molar-refractivity contribution in [2.75, 3.05) is 5.32 Å². The molecule has 0 radical (unpaired) electrons. The zero-order valence-corrected chi connectivity index (χ0v) is 13.5. The molecular formula is C17H22N4S. The zero-order chi connectivity index (χ0) is 15.2. The molecule has 3 rings (SSSR count). The van der Waals surface area contributed by atoms with Crippen molar-refractivity contribution in [2.24, 2.45) is 0 Å². The van der Waals surface area contributed by atoms with Crippen molar-refractivity contribution in [3.05, 3.63) is 48.2 Å². The van der Waals surface area contributed by atoms with Crippen molar-refractivity contribution < 1.29 is 0 Å². The lowest BCUT2D eigenvalue weighted by molar-refractivity contribution is 0.415. The summed E-state index contributed by atoms with van der Waals surface area (Å²) in [4.78, 5) is 0. The van der Waals surface area contributed by atoms with Gasteiger partial charge in [0, 0.05) is 18.3 Å². The Labute approximate surface area is 136 Å². The van der Waals surface area contributed by atoms with Crippen LogP contribution >= 0.6 is 12.2 Å². The first-order valence-electron chi connectivity index (χ1n) is 7.94. The molecule has 1 aliphatic rings. The molecule has 1 aromatic carbocycles. The molecule has 0 amide bonds. The molecule has 1 aliphatic carbocycles. The summed E-state index contributed by atoms with van der Waals surface area (Å²) in [7, 11) is 0. The molecular weight excluding hydrogens is 292 g/mol. The van der Waals surface area contributed by atoms with E-state index in [1.807, 2.05) is 35.1 Å². The van der Waals surface area contributed by atoms with Crippen LogP contribution in [0.15, 0.2) is 42.6 Å². The average molecular weight is 314 g/mol. The van der Waals surface area contributed by atoms with Gasteiger partial charge in [0.1, 0.15) is 0 Å². The second-order valence-electron chi connectivity index (χ2n) is 5.82. The molecule has 0 bridgehead atoms. The topological polar surface area (TPSA) is 41.9 Å². The van der Waals surface area contributed by atoms with E-state index >= 15 is 0 Å². The Morgan fingerprint density at radius 3 is 2.68 bits per heavy atom. The SMILES string of the molecule is S=C(Nc1ccn(Cc2ccccc2)n1)NC1CCCCC1. The summed E-state index contributed by atoms with van der Waals surface area (Å²) >= 11 is 5.38. The van der Waals surface area contributed by atoms with Gasteiger partial charge in [-0.1, -0.05) is 49.6 Å². The van der Waals surface area contributed by atoms with E-state index in [4.69, 9.17) is 12.2 Å². The highest BCUT2D eigenvalue weighted by molar-refractivity contribution is 7.80. The lowest BCUT2D eigenvalue weighted by Gasteiger charge is -2.24. The van der Waals surface area contributed by atoms with Crippen molar-refractivity contribution in [2.45, 2.75) is 44.7 Å². The van der Waals surface area contributed by atoms with Crippen LogP contribution < -0.4 is 10.6 Å². The van der Waals surface area contributed by atoms with Crippen LogP contribution in [0.2, 0.25) is 0 Å². The number of nitrogens with zero attached hydrogens (tertiary/aromatic N) is 2. The number of thiocarbonyl (C=S) groups is 1. The first kappa shape index (κ1) is 15.0. The largest absolute Gasteiger partial charge is 0.360 e. The second-order valence-corrected chi connectivity index (χ2v) is 6.23. The summed E-state index contributed by atoms with van der Waals surface area (Å²) in [6.45, 7) is 0.769. The van der Waals surface area contributed by atoms with E-state index in [1.165, 1.54) is 37.7 Å². The minimum atomic E-state index is 0.514. The van der Waals surface area contributed by atoms with Gasteiger partial charge in [-0.15, -0.1) is 0 Å². The Bertz CT molecular complexity index is 602. The molecule has 4 nitrogen and oxygen atoms in total. The number of rotatable bonds is 4. The fourth-order valence-electron chi connectivity index (χ4n) is 2.87. The van der Waals surface area contributed by atoms with Gasteiger partial charge in [0.2, 0.25) is 0 Å². The molecule has 1 heterocycles. The molecule has 2 aromatic rings. The Morgan fingerprint density at radius 2 is 1.91 bits per heavy atom. The smallest absolute Gasteiger partial charge is 0.172 e. The minimum Gasteiger partial charge on any atom is -0.360 e. The molecule has 0 unspecified atom stereocenters. The Hall–Kier alpha value is -1.88. The van der Waals surface area contributed by atoms with Gasteiger partial charge in [-0.05, 0) is 30.6 Å². The minimum absolute atomic E-state index is 0.514. The monoisotopic (exact) mass is 314 g/mol. The highest BCUT2D eigenvalue weighted by Crippen LogP contribution is 2.17. The molecule has 2 N–H and O–H groups in total. The molecule has 0 aliphatic heterocycles. The highest BCUT2D eigenvalue weighted by Gasteiger charge is 2.14. The predicted molar refractivity (Wildman–Crippen MR) is 94.0 cm³/mol. The second kappa shape index (κ2) is 7.40. The van der Waals surface area contributed by atoms with Crippen LogP contribution in [-0.2, 0) is 6.54 Å². The summed E-state index contributed by atoms with van der Waals surface area (Å²) in [5.74, 6) is 0.796. The van der Waals surface area contributed by atoms with Crippen LogP contribution in [0.3, 0.4) is 0 Å². The van der Waals surface area contributed by atoms with Crippen LogP contribution in [0, 0.1) is 0 Å². The van der Waals surface area contributed by atoms with E-state index in [-0.39, 0.29) is 0 Å². The number of benzene rings is 1. The first-order valence-corrected chi connectivity index (χ1v) is 8.35. The number of aromatic nitrogens is 2. The first-order chi connectivity index (χ1) is 10.8. The van der Waals surface area contributed by atoms with E-state index in [9.17, 15) is 0 Å². The number of hydrogen-bond acceptors (Lipinski definition) is 2. The molecule has 0 spiro atoms. The number of anilines is 1. The summed E-state index contributed by atoms with van der Waals surface area (Å²) in [6.07, 6.45) is 8.34. The molecule has 0 atom stereocenters. The molecule has 22 heavy (non-hydrogen) atoms. The predicted octanol–water partition coefficient (Wildman–Crippen LogP) is 3.55. The molecule has 1 fully saturated rings. The van der Waals surface area contributed by atoms with Gasteiger partial charge < -0.3 is 10.6 Å². The molecule has 0 saturated heterocycles. The van der Waals surface area contributed by atoms with Crippen LogP contribution in [0.25, 0.3) is 0 Å². The van der Waals surface area contributed by atoms with Gasteiger partial charge >= 0.3 is 0 Å². The van der Waals surface area contributed by atoms with Crippen LogP contribution in [0.5, 0.6) is 0 Å². The number of hydrogen-bond donors (Lipinski definition) is 2. The maximum absolute atomic E-state index is 5.38. The standard InChI is InChI=1S/C17H22N4S/c22-17(18-15-9-5-2-6-10-15)19-16-11-12-21(20-16)13-14-7-3-1-4-8-14/h1,3-4,7-8,11-12,15H,2,5-6,9-10,13H2,(H2,18,19,20,22). The van der Waals surface area contributed by atoms with Crippen LogP contribution in [0.1, 0.15) is 37.7 Å². The average Bonchev–Trinajstić information content (AvgIpc) is 2.96. The third kappa shape index (κ3) is 4.31. The Kier molecular flexibility index (Phi) is 5.06. The number of nitrogens with one attached hydrogen (secondary N) is 2. The van der Waals surface area contributed by atoms with E-state index in [1.54, 1.807) is 0 Å². The molecule has 1 saturated carbocycles. The maximum Gasteiger partial charge on any atom is 0.172 e. The lowest BCUT2D eigenvalue weighted by atomic mass is 9.96. The van der Waals surface area contributed by atoms with Gasteiger partial charge in [-0.3, -0.25) is 4.68 Å². The summed E-state index contributed by atoms with van der Waals surface area (Å²) in [5.41, 5.74) is 1.24. The third-order valence-corrected chi connectivity index (χ3v) is 4.23. The van der Waals surface area contributed by atoms with E-state index in [2.05, 4.69) is 27.9 Å². The Balaban J connectivity index is 1.51. The van der Waals surface area contributed by atoms with Gasteiger partial charge in [-0.25, -0.2) is 0 Å². The van der Waals surface area contributed by atoms with Crippen LogP contribution in [0.4, 0.5) is 5.82 Å². The van der Waals surface area contributed by atoms with E-state index in [0.29, 0.717) is 11.2 Å². The summed E-state index contributed by atoms with van der Waals surface area (Å²) < 4.78 is 1.92. The molecule has 116 valence electrons. The lowest BCUT2D eigenvalue weighted by Crippen LogP contribution is -2.38. The molecule has 1 aromatic heterocycles. The van der Waals surface area contributed by atoms with Crippen LogP contribution in [-0.4, -0.2) is 20.9 Å². The summed E-state index contributed by atoms with van der Waals surface area (Å²) in [5, 5.41) is 11.8. The van der Waals surface area contributed by atoms with Gasteiger partial charge in [0.05, 0.1) is 6.54 Å². The Morgan fingerprint density at radius 1 is 1.14 bits per heavy atom. The van der Waals surface area contributed by atoms with Crippen molar-refractivity contribution in [3.63, 3.8) is 0 Å². The quantitative estimate of drug-likeness (QED) is 0.847. The normalized spacial score (nSPS) is 15.5.